The van der Waals surface area contributed by atoms with Crippen molar-refractivity contribution in [3.63, 3.8) is 0 Å². The number of rotatable bonds is 4. The molecular weight excluding hydrogens is 320 g/mol. The molecular formula is C19H20N2O2S. The lowest BCUT2D eigenvalue weighted by Gasteiger charge is -2.31. The summed E-state index contributed by atoms with van der Waals surface area (Å²) in [7, 11) is 0. The summed E-state index contributed by atoms with van der Waals surface area (Å²) >= 11 is 1.30. The molecule has 2 aromatic carbocycles. The smallest absolute Gasteiger partial charge is 0.250 e. The number of hydrogen-bond donors (Lipinski definition) is 2. The SMILES string of the molecule is Cc1ccc(CCNC(=O)C2(C)Sc3ccccc3NC2=O)cc1. The van der Waals surface area contributed by atoms with Crippen molar-refractivity contribution < 1.29 is 9.59 Å². The van der Waals surface area contributed by atoms with Gasteiger partial charge in [-0.2, -0.15) is 0 Å². The van der Waals surface area contributed by atoms with Crippen LogP contribution in [-0.4, -0.2) is 23.1 Å². The summed E-state index contributed by atoms with van der Waals surface area (Å²) < 4.78 is -1.15. The molecule has 1 aliphatic heterocycles. The quantitative estimate of drug-likeness (QED) is 0.841. The number of benzene rings is 2. The number of fused-ring (bicyclic) bond motifs is 1. The van der Waals surface area contributed by atoms with Crippen molar-refractivity contribution >= 4 is 29.3 Å². The molecule has 3 rings (SSSR count). The van der Waals surface area contributed by atoms with Gasteiger partial charge in [-0.3, -0.25) is 9.59 Å². The zero-order valence-electron chi connectivity index (χ0n) is 13.8. The molecule has 1 heterocycles. The van der Waals surface area contributed by atoms with E-state index < -0.39 is 4.75 Å². The van der Waals surface area contributed by atoms with Gasteiger partial charge in [-0.1, -0.05) is 53.7 Å². The van der Waals surface area contributed by atoms with Crippen LogP contribution in [0.5, 0.6) is 0 Å². The lowest BCUT2D eigenvalue weighted by Crippen LogP contribution is -2.52. The zero-order valence-corrected chi connectivity index (χ0v) is 14.6. The van der Waals surface area contributed by atoms with E-state index in [0.29, 0.717) is 6.54 Å². The molecule has 1 aliphatic rings. The lowest BCUT2D eigenvalue weighted by atomic mass is 10.1. The molecule has 1 unspecified atom stereocenters. The predicted molar refractivity (Wildman–Crippen MR) is 97.2 cm³/mol. The van der Waals surface area contributed by atoms with Gasteiger partial charge in [0.1, 0.15) is 0 Å². The molecule has 0 bridgehead atoms. The Morgan fingerprint density at radius 3 is 2.62 bits per heavy atom. The van der Waals surface area contributed by atoms with Crippen LogP contribution in [0.25, 0.3) is 0 Å². The molecule has 124 valence electrons. The first kappa shape index (κ1) is 16.6. The number of amides is 2. The number of carbonyl (C=O) groups excluding carboxylic acids is 2. The maximum atomic E-state index is 12.6. The van der Waals surface area contributed by atoms with Crippen LogP contribution in [0.2, 0.25) is 0 Å². The summed E-state index contributed by atoms with van der Waals surface area (Å²) in [5.74, 6) is -0.536. The van der Waals surface area contributed by atoms with E-state index in [0.717, 1.165) is 22.6 Å². The van der Waals surface area contributed by atoms with Gasteiger partial charge in [0, 0.05) is 11.4 Å². The summed E-state index contributed by atoms with van der Waals surface area (Å²) in [4.78, 5) is 25.9. The highest BCUT2D eigenvalue weighted by molar-refractivity contribution is 8.02. The van der Waals surface area contributed by atoms with Crippen molar-refractivity contribution in [1.29, 1.82) is 0 Å². The highest BCUT2D eigenvalue weighted by Crippen LogP contribution is 2.42. The van der Waals surface area contributed by atoms with Gasteiger partial charge in [0.25, 0.3) is 0 Å². The number of aryl methyl sites for hydroxylation is 1. The summed E-state index contributed by atoms with van der Waals surface area (Å²) in [5.41, 5.74) is 3.14. The van der Waals surface area contributed by atoms with Crippen LogP contribution in [0, 0.1) is 6.92 Å². The molecule has 24 heavy (non-hydrogen) atoms. The van der Waals surface area contributed by atoms with E-state index >= 15 is 0 Å². The maximum absolute atomic E-state index is 12.6. The number of carbonyl (C=O) groups is 2. The molecule has 0 saturated heterocycles. The van der Waals surface area contributed by atoms with Gasteiger partial charge in [-0.05, 0) is 38.0 Å². The third kappa shape index (κ3) is 3.31. The normalized spacial score (nSPS) is 19.3. The van der Waals surface area contributed by atoms with E-state index in [1.807, 2.05) is 31.2 Å². The Balaban J connectivity index is 1.63. The average Bonchev–Trinajstić information content (AvgIpc) is 2.57. The second kappa shape index (κ2) is 6.69. The standard InChI is InChI=1S/C19H20N2O2S/c1-13-7-9-14(10-8-13)11-12-20-17(22)19(2)18(23)21-15-5-3-4-6-16(15)24-19/h3-10H,11-12H2,1-2H3,(H,20,22)(H,21,23). The largest absolute Gasteiger partial charge is 0.354 e. The molecule has 0 aliphatic carbocycles. The monoisotopic (exact) mass is 340 g/mol. The number of nitrogens with one attached hydrogen (secondary N) is 2. The van der Waals surface area contributed by atoms with Crippen molar-refractivity contribution in [2.24, 2.45) is 0 Å². The third-order valence-corrected chi connectivity index (χ3v) is 5.49. The Bertz CT molecular complexity index is 773. The number of para-hydroxylation sites is 1. The van der Waals surface area contributed by atoms with Gasteiger partial charge in [0.2, 0.25) is 11.8 Å². The first-order chi connectivity index (χ1) is 11.5. The fourth-order valence-electron chi connectivity index (χ4n) is 2.56. The van der Waals surface area contributed by atoms with Crippen molar-refractivity contribution in [1.82, 2.24) is 5.32 Å². The average molecular weight is 340 g/mol. The fourth-order valence-corrected chi connectivity index (χ4v) is 3.68. The second-order valence-corrected chi connectivity index (χ2v) is 7.54. The third-order valence-electron chi connectivity index (χ3n) is 4.14. The topological polar surface area (TPSA) is 58.2 Å². The highest BCUT2D eigenvalue weighted by Gasteiger charge is 2.45. The van der Waals surface area contributed by atoms with Crippen molar-refractivity contribution in [2.45, 2.75) is 29.9 Å². The van der Waals surface area contributed by atoms with E-state index in [2.05, 4.69) is 34.9 Å². The Kier molecular flexibility index (Phi) is 4.62. The lowest BCUT2D eigenvalue weighted by molar-refractivity contribution is -0.129. The maximum Gasteiger partial charge on any atom is 0.250 e. The van der Waals surface area contributed by atoms with Crippen LogP contribution < -0.4 is 10.6 Å². The van der Waals surface area contributed by atoms with Gasteiger partial charge in [-0.15, -0.1) is 0 Å². The van der Waals surface area contributed by atoms with Crippen LogP contribution in [0.1, 0.15) is 18.1 Å². The van der Waals surface area contributed by atoms with Crippen molar-refractivity contribution in [3.05, 3.63) is 59.7 Å². The van der Waals surface area contributed by atoms with E-state index in [4.69, 9.17) is 0 Å². The van der Waals surface area contributed by atoms with Crippen LogP contribution >= 0.6 is 11.8 Å². The second-order valence-electron chi connectivity index (χ2n) is 6.08. The molecule has 4 nitrogen and oxygen atoms in total. The van der Waals surface area contributed by atoms with E-state index in [-0.39, 0.29) is 11.8 Å². The zero-order chi connectivity index (χ0) is 17.2. The fraction of sp³-hybridized carbons (Fsp3) is 0.263. The first-order valence-corrected chi connectivity index (χ1v) is 8.74. The molecule has 0 saturated carbocycles. The molecule has 2 N–H and O–H groups in total. The molecule has 1 atom stereocenters. The minimum absolute atomic E-state index is 0.258. The molecule has 0 spiro atoms. The molecule has 5 heteroatoms. The predicted octanol–water partition coefficient (Wildman–Crippen LogP) is 3.16. The first-order valence-electron chi connectivity index (χ1n) is 7.92. The van der Waals surface area contributed by atoms with E-state index in [1.54, 1.807) is 6.92 Å². The van der Waals surface area contributed by atoms with Crippen molar-refractivity contribution in [2.75, 3.05) is 11.9 Å². The summed E-state index contributed by atoms with van der Waals surface area (Å²) in [6.45, 7) is 4.22. The molecule has 2 amide bonds. The molecule has 0 radical (unpaired) electrons. The minimum Gasteiger partial charge on any atom is -0.354 e. The van der Waals surface area contributed by atoms with Gasteiger partial charge < -0.3 is 10.6 Å². The Morgan fingerprint density at radius 1 is 1.17 bits per heavy atom. The van der Waals surface area contributed by atoms with Gasteiger partial charge >= 0.3 is 0 Å². The number of hydrogen-bond acceptors (Lipinski definition) is 3. The summed E-state index contributed by atoms with van der Waals surface area (Å²) in [6.07, 6.45) is 0.741. The van der Waals surface area contributed by atoms with Crippen molar-refractivity contribution in [3.8, 4) is 0 Å². The highest BCUT2D eigenvalue weighted by atomic mass is 32.2. The molecule has 0 aromatic heterocycles. The Labute approximate surface area is 146 Å². The van der Waals surface area contributed by atoms with Crippen LogP contribution in [0.4, 0.5) is 5.69 Å². The van der Waals surface area contributed by atoms with Gasteiger partial charge in [0.05, 0.1) is 5.69 Å². The minimum atomic E-state index is -1.15. The van der Waals surface area contributed by atoms with Gasteiger partial charge in [0.15, 0.2) is 4.75 Å². The van der Waals surface area contributed by atoms with Crippen LogP contribution in [-0.2, 0) is 16.0 Å². The van der Waals surface area contributed by atoms with Crippen LogP contribution in [0.3, 0.4) is 0 Å². The molecule has 2 aromatic rings. The van der Waals surface area contributed by atoms with E-state index in [9.17, 15) is 9.59 Å². The number of anilines is 1. The van der Waals surface area contributed by atoms with Gasteiger partial charge in [-0.25, -0.2) is 0 Å². The summed E-state index contributed by atoms with van der Waals surface area (Å²) in [6, 6.07) is 15.7. The Morgan fingerprint density at radius 2 is 1.88 bits per heavy atom. The molecule has 0 fully saturated rings. The number of thioether (sulfide) groups is 1. The van der Waals surface area contributed by atoms with Crippen LogP contribution in [0.15, 0.2) is 53.4 Å². The Hall–Kier alpha value is -2.27. The van der Waals surface area contributed by atoms with E-state index in [1.165, 1.54) is 17.3 Å². The summed E-state index contributed by atoms with van der Waals surface area (Å²) in [5, 5.41) is 5.72.